The average Bonchev–Trinajstić information content (AvgIpc) is 2.76. The lowest BCUT2D eigenvalue weighted by molar-refractivity contribution is -0.140. The molecule has 0 spiro atoms. The Balaban J connectivity index is 2.24. The van der Waals surface area contributed by atoms with Crippen molar-refractivity contribution in [1.29, 1.82) is 0 Å². The van der Waals surface area contributed by atoms with Crippen molar-refractivity contribution in [3.8, 4) is 0 Å². The van der Waals surface area contributed by atoms with Gasteiger partial charge in [-0.05, 0) is 20.0 Å². The molecule has 0 fully saturated rings. The number of ether oxygens (including phenoxy) is 1. The summed E-state index contributed by atoms with van der Waals surface area (Å²) in [5.41, 5.74) is 0. The van der Waals surface area contributed by atoms with Gasteiger partial charge in [0.05, 0.1) is 13.7 Å². The molecule has 0 radical (unpaired) electrons. The maximum Gasteiger partial charge on any atom is 0.305 e. The van der Waals surface area contributed by atoms with E-state index in [9.17, 15) is 4.79 Å². The van der Waals surface area contributed by atoms with Crippen molar-refractivity contribution in [1.82, 2.24) is 15.0 Å². The van der Waals surface area contributed by atoms with Gasteiger partial charge in [-0.15, -0.1) is 0 Å². The van der Waals surface area contributed by atoms with Crippen LogP contribution >= 0.6 is 0 Å². The van der Waals surface area contributed by atoms with E-state index in [0.717, 1.165) is 25.2 Å². The Morgan fingerprint density at radius 3 is 2.88 bits per heavy atom. The van der Waals surface area contributed by atoms with E-state index in [1.165, 1.54) is 7.11 Å². The first-order chi connectivity index (χ1) is 8.15. The normalized spacial score (nSPS) is 10.8. The van der Waals surface area contributed by atoms with Gasteiger partial charge < -0.3 is 9.26 Å². The maximum absolute atomic E-state index is 10.9. The summed E-state index contributed by atoms with van der Waals surface area (Å²) < 4.78 is 9.65. The number of aryl methyl sites for hydroxylation is 1. The molecule has 6 heteroatoms. The zero-order valence-electron chi connectivity index (χ0n) is 10.6. The van der Waals surface area contributed by atoms with Crippen LogP contribution in [0.4, 0.5) is 0 Å². The van der Waals surface area contributed by atoms with Crippen LogP contribution in [0.3, 0.4) is 0 Å². The smallest absolute Gasteiger partial charge is 0.305 e. The van der Waals surface area contributed by atoms with Gasteiger partial charge >= 0.3 is 5.97 Å². The third-order valence-electron chi connectivity index (χ3n) is 2.38. The number of methoxy groups -OCH3 is 1. The molecule has 6 nitrogen and oxygen atoms in total. The van der Waals surface area contributed by atoms with Crippen LogP contribution < -0.4 is 0 Å². The van der Waals surface area contributed by atoms with Gasteiger partial charge in [-0.3, -0.25) is 9.69 Å². The molecule has 0 aliphatic carbocycles. The second-order valence-corrected chi connectivity index (χ2v) is 3.88. The second-order valence-electron chi connectivity index (χ2n) is 3.88. The SMILES string of the molecule is CCc1noc(CN(C)CCCC(=O)OC)n1. The summed E-state index contributed by atoms with van der Waals surface area (Å²) in [6, 6.07) is 0. The van der Waals surface area contributed by atoms with E-state index in [0.29, 0.717) is 18.9 Å². The van der Waals surface area contributed by atoms with Crippen LogP contribution in [-0.4, -0.2) is 41.7 Å². The van der Waals surface area contributed by atoms with Crippen LogP contribution in [0, 0.1) is 0 Å². The minimum absolute atomic E-state index is 0.176. The number of nitrogens with zero attached hydrogens (tertiary/aromatic N) is 3. The fraction of sp³-hybridized carbons (Fsp3) is 0.727. The highest BCUT2D eigenvalue weighted by molar-refractivity contribution is 5.69. The molecule has 0 saturated carbocycles. The predicted octanol–water partition coefficient (Wildman–Crippen LogP) is 1.02. The lowest BCUT2D eigenvalue weighted by atomic mass is 10.3. The Hall–Kier alpha value is -1.43. The minimum atomic E-state index is -0.176. The predicted molar refractivity (Wildman–Crippen MR) is 61.3 cm³/mol. The monoisotopic (exact) mass is 241 g/mol. The Bertz CT molecular complexity index is 351. The van der Waals surface area contributed by atoms with E-state index in [2.05, 4.69) is 14.9 Å². The van der Waals surface area contributed by atoms with Crippen LogP contribution in [0.2, 0.25) is 0 Å². The maximum atomic E-state index is 10.9. The number of carbonyl (C=O) groups excluding carboxylic acids is 1. The van der Waals surface area contributed by atoms with Gasteiger partial charge in [0.2, 0.25) is 5.89 Å². The molecule has 0 unspecified atom stereocenters. The van der Waals surface area contributed by atoms with Crippen LogP contribution in [0.25, 0.3) is 0 Å². The van der Waals surface area contributed by atoms with Crippen LogP contribution in [0.1, 0.15) is 31.5 Å². The van der Waals surface area contributed by atoms with E-state index >= 15 is 0 Å². The fourth-order valence-corrected chi connectivity index (χ4v) is 1.40. The highest BCUT2D eigenvalue weighted by atomic mass is 16.5. The summed E-state index contributed by atoms with van der Waals surface area (Å²) >= 11 is 0. The number of aromatic nitrogens is 2. The van der Waals surface area contributed by atoms with Crippen molar-refractivity contribution in [3.05, 3.63) is 11.7 Å². The molecule has 0 aliphatic rings. The molecule has 0 aromatic carbocycles. The molecule has 1 aromatic heterocycles. The summed E-state index contributed by atoms with van der Waals surface area (Å²) in [5, 5.41) is 3.82. The molecule has 96 valence electrons. The second kappa shape index (κ2) is 7.01. The van der Waals surface area contributed by atoms with Gasteiger partial charge in [-0.1, -0.05) is 12.1 Å². The molecule has 0 N–H and O–H groups in total. The van der Waals surface area contributed by atoms with Gasteiger partial charge in [0.15, 0.2) is 5.82 Å². The summed E-state index contributed by atoms with van der Waals surface area (Å²) in [6.07, 6.45) is 1.97. The molecule has 0 amide bonds. The van der Waals surface area contributed by atoms with E-state index in [4.69, 9.17) is 4.52 Å². The van der Waals surface area contributed by atoms with Crippen LogP contribution in [-0.2, 0) is 22.5 Å². The molecule has 1 aromatic rings. The number of rotatable bonds is 7. The van der Waals surface area contributed by atoms with Gasteiger partial charge in [0.25, 0.3) is 0 Å². The molecule has 0 saturated heterocycles. The lowest BCUT2D eigenvalue weighted by Crippen LogP contribution is -2.20. The van der Waals surface area contributed by atoms with Gasteiger partial charge in [-0.2, -0.15) is 4.98 Å². The Morgan fingerprint density at radius 2 is 2.29 bits per heavy atom. The van der Waals surface area contributed by atoms with E-state index < -0.39 is 0 Å². The largest absolute Gasteiger partial charge is 0.469 e. The van der Waals surface area contributed by atoms with Crippen molar-refractivity contribution in [2.75, 3.05) is 20.7 Å². The molecular weight excluding hydrogens is 222 g/mol. The number of carbonyl (C=O) groups is 1. The number of hydrogen-bond donors (Lipinski definition) is 0. The van der Waals surface area contributed by atoms with Crippen LogP contribution in [0.15, 0.2) is 4.52 Å². The first kappa shape index (κ1) is 13.6. The molecule has 0 atom stereocenters. The zero-order chi connectivity index (χ0) is 12.7. The molecule has 0 bridgehead atoms. The standard InChI is InChI=1S/C11H19N3O3/c1-4-9-12-10(17-13-9)8-14(2)7-5-6-11(15)16-3/h4-8H2,1-3H3. The fourth-order valence-electron chi connectivity index (χ4n) is 1.40. The van der Waals surface area contributed by atoms with Crippen molar-refractivity contribution < 1.29 is 14.1 Å². The van der Waals surface area contributed by atoms with Crippen molar-refractivity contribution in [3.63, 3.8) is 0 Å². The molecule has 1 heterocycles. The topological polar surface area (TPSA) is 68.5 Å². The molecule has 17 heavy (non-hydrogen) atoms. The first-order valence-electron chi connectivity index (χ1n) is 5.72. The molecule has 0 aliphatic heterocycles. The van der Waals surface area contributed by atoms with E-state index in [1.54, 1.807) is 0 Å². The lowest BCUT2D eigenvalue weighted by Gasteiger charge is -2.12. The molecular formula is C11H19N3O3. The Morgan fingerprint density at radius 1 is 1.53 bits per heavy atom. The van der Waals surface area contributed by atoms with Crippen molar-refractivity contribution >= 4 is 5.97 Å². The number of esters is 1. The third-order valence-corrected chi connectivity index (χ3v) is 2.38. The summed E-state index contributed by atoms with van der Waals surface area (Å²) in [5.74, 6) is 1.16. The quantitative estimate of drug-likeness (QED) is 0.664. The van der Waals surface area contributed by atoms with Crippen molar-refractivity contribution in [2.45, 2.75) is 32.7 Å². The highest BCUT2D eigenvalue weighted by Gasteiger charge is 2.08. The Kier molecular flexibility index (Phi) is 5.62. The first-order valence-corrected chi connectivity index (χ1v) is 5.72. The van der Waals surface area contributed by atoms with Crippen molar-refractivity contribution in [2.24, 2.45) is 0 Å². The molecule has 1 rings (SSSR count). The third kappa shape index (κ3) is 4.95. The average molecular weight is 241 g/mol. The van der Waals surface area contributed by atoms with Crippen LogP contribution in [0.5, 0.6) is 0 Å². The van der Waals surface area contributed by atoms with Gasteiger partial charge in [0.1, 0.15) is 0 Å². The van der Waals surface area contributed by atoms with Gasteiger partial charge in [-0.25, -0.2) is 0 Å². The summed E-state index contributed by atoms with van der Waals surface area (Å²) in [7, 11) is 3.35. The number of hydrogen-bond acceptors (Lipinski definition) is 6. The highest BCUT2D eigenvalue weighted by Crippen LogP contribution is 2.03. The van der Waals surface area contributed by atoms with E-state index in [-0.39, 0.29) is 5.97 Å². The van der Waals surface area contributed by atoms with Gasteiger partial charge in [0, 0.05) is 12.8 Å². The summed E-state index contributed by atoms with van der Waals surface area (Å²) in [6.45, 7) is 3.38. The summed E-state index contributed by atoms with van der Waals surface area (Å²) in [4.78, 5) is 17.2. The van der Waals surface area contributed by atoms with E-state index in [1.807, 2.05) is 18.9 Å². The minimum Gasteiger partial charge on any atom is -0.469 e. The Labute approximate surface area is 101 Å². The zero-order valence-corrected chi connectivity index (χ0v) is 10.6.